The van der Waals surface area contributed by atoms with E-state index in [9.17, 15) is 4.79 Å². The average molecular weight is 321 g/mol. The molecule has 0 aromatic heterocycles. The van der Waals surface area contributed by atoms with Crippen molar-refractivity contribution in [1.29, 1.82) is 0 Å². The van der Waals surface area contributed by atoms with E-state index in [1.807, 2.05) is 0 Å². The van der Waals surface area contributed by atoms with Gasteiger partial charge in [-0.05, 0) is 69.6 Å². The third-order valence-corrected chi connectivity index (χ3v) is 5.74. The summed E-state index contributed by atoms with van der Waals surface area (Å²) in [7, 11) is 0. The number of hydrogen-bond donors (Lipinski definition) is 0. The maximum Gasteiger partial charge on any atom is 0.309 e. The molecule has 0 aromatic carbocycles. The van der Waals surface area contributed by atoms with Crippen LogP contribution in [0.25, 0.3) is 0 Å². The predicted molar refractivity (Wildman–Crippen MR) is 96.2 cm³/mol. The lowest BCUT2D eigenvalue weighted by Gasteiger charge is -2.31. The molecule has 0 N–H and O–H groups in total. The van der Waals surface area contributed by atoms with E-state index in [2.05, 4.69) is 26.0 Å². The van der Waals surface area contributed by atoms with Gasteiger partial charge in [-0.15, -0.1) is 0 Å². The molecule has 0 radical (unpaired) electrons. The third kappa shape index (κ3) is 6.31. The van der Waals surface area contributed by atoms with Gasteiger partial charge < -0.3 is 4.74 Å². The highest BCUT2D eigenvalue weighted by atomic mass is 16.5. The number of unbranched alkanes of at least 4 members (excludes halogenated alkanes) is 1. The summed E-state index contributed by atoms with van der Waals surface area (Å²) in [5.74, 6) is 1.85. The molecule has 2 fully saturated rings. The summed E-state index contributed by atoms with van der Waals surface area (Å²) in [4.78, 5) is 12.4. The van der Waals surface area contributed by atoms with Gasteiger partial charge in [-0.25, -0.2) is 0 Å². The van der Waals surface area contributed by atoms with Crippen molar-refractivity contribution in [3.63, 3.8) is 0 Å². The Morgan fingerprint density at radius 1 is 0.957 bits per heavy atom. The summed E-state index contributed by atoms with van der Waals surface area (Å²) in [5, 5.41) is 0. The van der Waals surface area contributed by atoms with Gasteiger partial charge in [-0.1, -0.05) is 45.3 Å². The largest absolute Gasteiger partial charge is 0.462 e. The Labute approximate surface area is 143 Å². The van der Waals surface area contributed by atoms with Gasteiger partial charge in [0.25, 0.3) is 0 Å². The van der Waals surface area contributed by atoms with Gasteiger partial charge in [0, 0.05) is 0 Å². The molecule has 2 aliphatic rings. The van der Waals surface area contributed by atoms with Crippen molar-refractivity contribution in [2.45, 2.75) is 97.0 Å². The molecular weight excluding hydrogens is 284 g/mol. The first-order valence-corrected chi connectivity index (χ1v) is 10.1. The van der Waals surface area contributed by atoms with Gasteiger partial charge in [-0.2, -0.15) is 0 Å². The standard InChI is InChI=1S/C21H36O2/c1-3-5-6-8-18-11-15-20(16-12-18)23-21(22)19-13-9-17(7-4-2)10-14-19/h6,8,17-20H,3-5,7,9-16H2,1-2H3. The van der Waals surface area contributed by atoms with E-state index in [0.29, 0.717) is 5.92 Å². The fourth-order valence-electron chi connectivity index (χ4n) is 4.21. The summed E-state index contributed by atoms with van der Waals surface area (Å²) in [6.07, 6.45) is 18.9. The van der Waals surface area contributed by atoms with Crippen LogP contribution in [0.3, 0.4) is 0 Å². The Kier molecular flexibility index (Phi) is 8.19. The SMILES string of the molecule is CCCC=CC1CCC(OC(=O)C2CCC(CCC)CC2)CC1. The van der Waals surface area contributed by atoms with Crippen LogP contribution in [0.5, 0.6) is 0 Å². The number of hydrogen-bond acceptors (Lipinski definition) is 2. The lowest BCUT2D eigenvalue weighted by molar-refractivity contribution is -0.157. The monoisotopic (exact) mass is 320 g/mol. The highest BCUT2D eigenvalue weighted by molar-refractivity contribution is 5.72. The van der Waals surface area contributed by atoms with E-state index in [0.717, 1.165) is 31.6 Å². The van der Waals surface area contributed by atoms with Crippen LogP contribution in [0.4, 0.5) is 0 Å². The van der Waals surface area contributed by atoms with E-state index in [1.54, 1.807) is 0 Å². The van der Waals surface area contributed by atoms with Gasteiger partial charge >= 0.3 is 5.97 Å². The molecular formula is C21H36O2. The normalized spacial score (nSPS) is 32.1. The van der Waals surface area contributed by atoms with Crippen molar-refractivity contribution in [3.05, 3.63) is 12.2 Å². The van der Waals surface area contributed by atoms with Crippen LogP contribution in [0, 0.1) is 17.8 Å². The predicted octanol–water partition coefficient (Wildman–Crippen LogP) is 6.05. The fraction of sp³-hybridized carbons (Fsp3) is 0.857. The number of carbonyl (C=O) groups is 1. The molecule has 0 atom stereocenters. The zero-order valence-corrected chi connectivity index (χ0v) is 15.3. The van der Waals surface area contributed by atoms with Crippen LogP contribution in [-0.4, -0.2) is 12.1 Å². The lowest BCUT2D eigenvalue weighted by atomic mass is 9.80. The van der Waals surface area contributed by atoms with Crippen molar-refractivity contribution < 1.29 is 9.53 Å². The molecule has 0 amide bonds. The van der Waals surface area contributed by atoms with Crippen molar-refractivity contribution in [3.8, 4) is 0 Å². The average Bonchev–Trinajstić information content (AvgIpc) is 2.57. The van der Waals surface area contributed by atoms with E-state index in [-0.39, 0.29) is 18.0 Å². The van der Waals surface area contributed by atoms with Crippen LogP contribution in [0.1, 0.15) is 90.9 Å². The van der Waals surface area contributed by atoms with Gasteiger partial charge in [0.2, 0.25) is 0 Å². The minimum Gasteiger partial charge on any atom is -0.462 e. The second-order valence-electron chi connectivity index (χ2n) is 7.70. The minimum absolute atomic E-state index is 0.102. The second kappa shape index (κ2) is 10.2. The molecule has 2 saturated carbocycles. The molecule has 0 bridgehead atoms. The first-order valence-electron chi connectivity index (χ1n) is 10.1. The quantitative estimate of drug-likeness (QED) is 0.421. The minimum atomic E-state index is 0.102. The molecule has 2 rings (SSSR count). The van der Waals surface area contributed by atoms with E-state index in [4.69, 9.17) is 4.74 Å². The van der Waals surface area contributed by atoms with Crippen LogP contribution in [-0.2, 0) is 9.53 Å². The molecule has 0 aromatic rings. The Balaban J connectivity index is 1.65. The third-order valence-electron chi connectivity index (χ3n) is 5.74. The lowest BCUT2D eigenvalue weighted by Crippen LogP contribution is -2.29. The Morgan fingerprint density at radius 3 is 2.26 bits per heavy atom. The maximum absolute atomic E-state index is 12.4. The van der Waals surface area contributed by atoms with Crippen molar-refractivity contribution in [2.75, 3.05) is 0 Å². The molecule has 2 nitrogen and oxygen atoms in total. The summed E-state index contributed by atoms with van der Waals surface area (Å²) in [6.45, 7) is 4.48. The zero-order valence-electron chi connectivity index (χ0n) is 15.3. The molecule has 2 heteroatoms. The number of esters is 1. The Morgan fingerprint density at radius 2 is 1.65 bits per heavy atom. The van der Waals surface area contributed by atoms with Crippen LogP contribution in [0.2, 0.25) is 0 Å². The van der Waals surface area contributed by atoms with E-state index < -0.39 is 0 Å². The zero-order chi connectivity index (χ0) is 16.5. The number of carbonyl (C=O) groups excluding carboxylic acids is 1. The van der Waals surface area contributed by atoms with E-state index >= 15 is 0 Å². The number of rotatable bonds is 7. The first-order chi connectivity index (χ1) is 11.2. The van der Waals surface area contributed by atoms with Gasteiger partial charge in [0.05, 0.1) is 5.92 Å². The molecule has 0 spiro atoms. The molecule has 2 aliphatic carbocycles. The molecule has 0 heterocycles. The Hall–Kier alpha value is -0.790. The summed E-state index contributed by atoms with van der Waals surface area (Å²) in [6, 6.07) is 0. The molecule has 23 heavy (non-hydrogen) atoms. The molecule has 0 saturated heterocycles. The topological polar surface area (TPSA) is 26.3 Å². The van der Waals surface area contributed by atoms with Crippen molar-refractivity contribution >= 4 is 5.97 Å². The van der Waals surface area contributed by atoms with Crippen LogP contribution < -0.4 is 0 Å². The highest BCUT2D eigenvalue weighted by Crippen LogP contribution is 2.34. The van der Waals surface area contributed by atoms with Crippen LogP contribution in [0.15, 0.2) is 12.2 Å². The summed E-state index contributed by atoms with van der Waals surface area (Å²) < 4.78 is 5.84. The fourth-order valence-corrected chi connectivity index (χ4v) is 4.21. The summed E-state index contributed by atoms with van der Waals surface area (Å²) in [5.41, 5.74) is 0. The van der Waals surface area contributed by atoms with Gasteiger partial charge in [-0.3, -0.25) is 4.79 Å². The molecule has 0 aliphatic heterocycles. The van der Waals surface area contributed by atoms with Crippen molar-refractivity contribution in [2.24, 2.45) is 17.8 Å². The smallest absolute Gasteiger partial charge is 0.309 e. The van der Waals surface area contributed by atoms with E-state index in [1.165, 1.54) is 51.4 Å². The highest BCUT2D eigenvalue weighted by Gasteiger charge is 2.30. The maximum atomic E-state index is 12.4. The van der Waals surface area contributed by atoms with Gasteiger partial charge in [0.1, 0.15) is 6.10 Å². The summed E-state index contributed by atoms with van der Waals surface area (Å²) >= 11 is 0. The molecule has 0 unspecified atom stereocenters. The van der Waals surface area contributed by atoms with Crippen molar-refractivity contribution in [1.82, 2.24) is 0 Å². The Bertz CT molecular complexity index is 358. The number of ether oxygens (including phenoxy) is 1. The molecule has 132 valence electrons. The first kappa shape index (κ1) is 18.5. The van der Waals surface area contributed by atoms with Crippen LogP contribution >= 0.6 is 0 Å². The van der Waals surface area contributed by atoms with Gasteiger partial charge in [0.15, 0.2) is 0 Å². The second-order valence-corrected chi connectivity index (χ2v) is 7.70. The number of allylic oxidation sites excluding steroid dienone is 2.